The largest absolute Gasteiger partial charge is 0.379 e. The lowest BCUT2D eigenvalue weighted by atomic mass is 9.80. The molecule has 1 aromatic carbocycles. The van der Waals surface area contributed by atoms with Crippen LogP contribution in [0.4, 0.5) is 5.69 Å². The molecule has 2 heterocycles. The Bertz CT molecular complexity index is 416. The zero-order chi connectivity index (χ0) is 10.4. The number of fused-ring (bicyclic) bond motifs is 2. The van der Waals surface area contributed by atoms with Crippen LogP contribution in [0.3, 0.4) is 0 Å². The first kappa shape index (κ1) is 8.77. The summed E-state index contributed by atoms with van der Waals surface area (Å²) in [6, 6.07) is 8.52. The Labute approximate surface area is 88.9 Å². The number of para-hydroxylation sites is 1. The van der Waals surface area contributed by atoms with Crippen molar-refractivity contribution in [1.82, 2.24) is 5.32 Å². The fourth-order valence-corrected chi connectivity index (χ4v) is 2.77. The van der Waals surface area contributed by atoms with Crippen molar-refractivity contribution in [2.75, 3.05) is 11.9 Å². The van der Waals surface area contributed by atoms with E-state index in [1.54, 1.807) is 0 Å². The van der Waals surface area contributed by atoms with E-state index < -0.39 is 0 Å². The molecule has 3 atom stereocenters. The van der Waals surface area contributed by atoms with Crippen molar-refractivity contribution in [3.63, 3.8) is 0 Å². The topological polar surface area (TPSA) is 41.1 Å². The molecule has 1 aromatic rings. The quantitative estimate of drug-likeness (QED) is 0.666. The van der Waals surface area contributed by atoms with Crippen LogP contribution >= 0.6 is 0 Å². The highest BCUT2D eigenvalue weighted by Gasteiger charge is 2.42. The summed E-state index contributed by atoms with van der Waals surface area (Å²) in [5.74, 6) is 0.601. The predicted octanol–water partition coefficient (Wildman–Crippen LogP) is 1.33. The minimum Gasteiger partial charge on any atom is -0.379 e. The molecule has 1 saturated heterocycles. The Kier molecular flexibility index (Phi) is 1.75. The van der Waals surface area contributed by atoms with Gasteiger partial charge in [0.25, 0.3) is 0 Å². The fraction of sp³-hybridized carbons (Fsp3) is 0.417. The van der Waals surface area contributed by atoms with Crippen LogP contribution in [-0.2, 0) is 4.79 Å². The summed E-state index contributed by atoms with van der Waals surface area (Å²) >= 11 is 0. The third-order valence-electron chi connectivity index (χ3n) is 3.56. The van der Waals surface area contributed by atoms with Crippen molar-refractivity contribution in [1.29, 1.82) is 0 Å². The van der Waals surface area contributed by atoms with Crippen molar-refractivity contribution in [3.05, 3.63) is 29.8 Å². The number of amides is 1. The minimum absolute atomic E-state index is 0.0971. The highest BCUT2D eigenvalue weighted by atomic mass is 16.2. The molecule has 0 radical (unpaired) electrons. The second-order valence-corrected chi connectivity index (χ2v) is 4.40. The van der Waals surface area contributed by atoms with Crippen LogP contribution in [0.25, 0.3) is 0 Å². The maximum absolute atomic E-state index is 11.7. The minimum atomic E-state index is 0.0971. The Balaban J connectivity index is 2.07. The van der Waals surface area contributed by atoms with Crippen LogP contribution in [0, 0.1) is 5.92 Å². The number of carbonyl (C=O) groups is 1. The van der Waals surface area contributed by atoms with E-state index in [1.165, 1.54) is 11.3 Å². The average Bonchev–Trinajstić information content (AvgIpc) is 2.61. The summed E-state index contributed by atoms with van der Waals surface area (Å²) in [6.45, 7) is 2.89. The summed E-state index contributed by atoms with van der Waals surface area (Å²) in [7, 11) is 0. The van der Waals surface area contributed by atoms with Crippen molar-refractivity contribution < 1.29 is 4.79 Å². The van der Waals surface area contributed by atoms with E-state index in [0.29, 0.717) is 5.92 Å². The van der Waals surface area contributed by atoms with Gasteiger partial charge in [0, 0.05) is 12.2 Å². The van der Waals surface area contributed by atoms with Gasteiger partial charge in [-0.05, 0) is 17.5 Å². The molecule has 0 aromatic heterocycles. The van der Waals surface area contributed by atoms with Gasteiger partial charge >= 0.3 is 0 Å². The second-order valence-electron chi connectivity index (χ2n) is 4.40. The van der Waals surface area contributed by atoms with Gasteiger partial charge in [-0.2, -0.15) is 0 Å². The zero-order valence-electron chi connectivity index (χ0n) is 8.66. The first-order chi connectivity index (χ1) is 7.27. The number of anilines is 1. The summed E-state index contributed by atoms with van der Waals surface area (Å²) in [5.41, 5.74) is 2.44. The Morgan fingerprint density at radius 3 is 3.00 bits per heavy atom. The average molecular weight is 202 g/mol. The Morgan fingerprint density at radius 2 is 2.13 bits per heavy atom. The van der Waals surface area contributed by atoms with Gasteiger partial charge in [0.2, 0.25) is 5.91 Å². The lowest BCUT2D eigenvalue weighted by molar-refractivity contribution is -0.123. The maximum atomic E-state index is 11.7. The van der Waals surface area contributed by atoms with Gasteiger partial charge in [0.1, 0.15) is 0 Å². The molecule has 3 nitrogen and oxygen atoms in total. The van der Waals surface area contributed by atoms with Gasteiger partial charge in [-0.15, -0.1) is 0 Å². The summed E-state index contributed by atoms with van der Waals surface area (Å²) < 4.78 is 0. The zero-order valence-corrected chi connectivity index (χ0v) is 8.66. The predicted molar refractivity (Wildman–Crippen MR) is 58.8 cm³/mol. The molecule has 3 rings (SSSR count). The molecule has 2 N–H and O–H groups in total. The van der Waals surface area contributed by atoms with Crippen molar-refractivity contribution >= 4 is 11.6 Å². The van der Waals surface area contributed by atoms with Crippen molar-refractivity contribution in [3.8, 4) is 0 Å². The van der Waals surface area contributed by atoms with E-state index in [4.69, 9.17) is 0 Å². The SMILES string of the molecule is C[C@H]1c2ccccc2N[C@@H]2CNC(=O)[C@@H]21. The van der Waals surface area contributed by atoms with E-state index in [9.17, 15) is 4.79 Å². The smallest absolute Gasteiger partial charge is 0.225 e. The third kappa shape index (κ3) is 1.16. The van der Waals surface area contributed by atoms with Crippen LogP contribution in [0.5, 0.6) is 0 Å². The van der Waals surface area contributed by atoms with Gasteiger partial charge in [0.05, 0.1) is 12.0 Å². The normalized spacial score (nSPS) is 32.6. The number of carbonyl (C=O) groups excluding carboxylic acids is 1. The maximum Gasteiger partial charge on any atom is 0.225 e. The molecule has 0 spiro atoms. The van der Waals surface area contributed by atoms with Crippen LogP contribution in [0.2, 0.25) is 0 Å². The summed E-state index contributed by atoms with van der Waals surface area (Å²) in [5, 5.41) is 6.36. The fourth-order valence-electron chi connectivity index (χ4n) is 2.77. The van der Waals surface area contributed by atoms with Crippen LogP contribution in [0.1, 0.15) is 18.4 Å². The standard InChI is InChI=1S/C12H14N2O/c1-7-8-4-2-3-5-9(8)14-10-6-13-12(15)11(7)10/h2-5,7,10-11,14H,6H2,1H3,(H,13,15)/t7-,10+,11+/m0/s1. The lowest BCUT2D eigenvalue weighted by Crippen LogP contribution is -2.37. The molecule has 2 aliphatic rings. The van der Waals surface area contributed by atoms with Gasteiger partial charge < -0.3 is 10.6 Å². The second kappa shape index (κ2) is 2.99. The molecule has 0 saturated carbocycles. The number of hydrogen-bond donors (Lipinski definition) is 2. The molecule has 78 valence electrons. The Morgan fingerprint density at radius 1 is 1.33 bits per heavy atom. The van der Waals surface area contributed by atoms with Crippen LogP contribution in [-0.4, -0.2) is 18.5 Å². The molecule has 1 fully saturated rings. The Hall–Kier alpha value is -1.51. The van der Waals surface area contributed by atoms with Gasteiger partial charge in [0.15, 0.2) is 0 Å². The van der Waals surface area contributed by atoms with E-state index in [1.807, 2.05) is 12.1 Å². The molecule has 0 aliphatic carbocycles. The van der Waals surface area contributed by atoms with Gasteiger partial charge in [-0.3, -0.25) is 4.79 Å². The lowest BCUT2D eigenvalue weighted by Gasteiger charge is -2.32. The summed E-state index contributed by atoms with van der Waals surface area (Å²) in [4.78, 5) is 11.7. The van der Waals surface area contributed by atoms with Crippen LogP contribution < -0.4 is 10.6 Å². The van der Waals surface area contributed by atoms with Crippen molar-refractivity contribution in [2.24, 2.45) is 5.92 Å². The molecule has 0 unspecified atom stereocenters. The molecular weight excluding hydrogens is 188 g/mol. The summed E-state index contributed by atoms with van der Waals surface area (Å²) in [6.07, 6.45) is 0. The molecule has 2 aliphatic heterocycles. The first-order valence-electron chi connectivity index (χ1n) is 5.40. The number of nitrogens with one attached hydrogen (secondary N) is 2. The first-order valence-corrected chi connectivity index (χ1v) is 5.40. The van der Waals surface area contributed by atoms with Crippen molar-refractivity contribution in [2.45, 2.75) is 18.9 Å². The number of rotatable bonds is 0. The molecule has 15 heavy (non-hydrogen) atoms. The van der Waals surface area contributed by atoms with E-state index in [2.05, 4.69) is 29.7 Å². The molecular formula is C12H14N2O. The van der Waals surface area contributed by atoms with E-state index in [-0.39, 0.29) is 17.9 Å². The molecule has 3 heteroatoms. The van der Waals surface area contributed by atoms with Crippen LogP contribution in [0.15, 0.2) is 24.3 Å². The third-order valence-corrected chi connectivity index (χ3v) is 3.56. The number of hydrogen-bond acceptors (Lipinski definition) is 2. The highest BCUT2D eigenvalue weighted by molar-refractivity contribution is 5.85. The van der Waals surface area contributed by atoms with Gasteiger partial charge in [-0.25, -0.2) is 0 Å². The molecule has 1 amide bonds. The monoisotopic (exact) mass is 202 g/mol. The molecule has 0 bridgehead atoms. The van der Waals surface area contributed by atoms with Gasteiger partial charge in [-0.1, -0.05) is 25.1 Å². The van der Waals surface area contributed by atoms with E-state index >= 15 is 0 Å². The van der Waals surface area contributed by atoms with E-state index in [0.717, 1.165) is 6.54 Å². The number of benzene rings is 1. The highest BCUT2D eigenvalue weighted by Crippen LogP contribution is 2.39.